The summed E-state index contributed by atoms with van der Waals surface area (Å²) in [6, 6.07) is 6.77. The van der Waals surface area contributed by atoms with E-state index in [0.717, 1.165) is 12.8 Å². The number of amides is 2. The molecule has 2 heterocycles. The molecule has 2 aliphatic carbocycles. The second kappa shape index (κ2) is 7.46. The smallest absolute Gasteiger partial charge is 0.262 e. The summed E-state index contributed by atoms with van der Waals surface area (Å²) in [5, 5.41) is 14.3. The van der Waals surface area contributed by atoms with Crippen molar-refractivity contribution in [1.82, 2.24) is 4.90 Å². The second-order valence-electron chi connectivity index (χ2n) is 10.7. The zero-order valence-electron chi connectivity index (χ0n) is 19.3. The van der Waals surface area contributed by atoms with Gasteiger partial charge in [0.2, 0.25) is 9.84 Å². The van der Waals surface area contributed by atoms with E-state index in [9.17, 15) is 23.1 Å². The number of hydrogen-bond donors (Lipinski definition) is 3. The minimum absolute atomic E-state index is 0.0356. The topological polar surface area (TPSA) is 130 Å². The Bertz CT molecular complexity index is 1300. The Labute approximate surface area is 199 Å². The number of hydrogen-bond acceptors (Lipinski definition) is 6. The molecule has 4 N–H and O–H groups in total. The maximum Gasteiger partial charge on any atom is 0.262 e. The molecule has 2 aliphatic heterocycles. The fourth-order valence-corrected chi connectivity index (χ4v) is 7.23. The van der Waals surface area contributed by atoms with Crippen LogP contribution in [0.4, 0.5) is 5.69 Å². The minimum Gasteiger partial charge on any atom is -0.511 e. The van der Waals surface area contributed by atoms with Gasteiger partial charge in [-0.3, -0.25) is 9.59 Å². The molecule has 8 nitrogen and oxygen atoms in total. The molecule has 2 bridgehead atoms. The second-order valence-corrected chi connectivity index (χ2v) is 12.5. The molecule has 5 rings (SSSR count). The van der Waals surface area contributed by atoms with Crippen LogP contribution in [0.15, 0.2) is 57.2 Å². The molecule has 1 saturated carbocycles. The Morgan fingerprint density at radius 2 is 2.00 bits per heavy atom. The van der Waals surface area contributed by atoms with Gasteiger partial charge in [-0.25, -0.2) is 8.42 Å². The van der Waals surface area contributed by atoms with Crippen LogP contribution in [0.2, 0.25) is 0 Å². The highest BCUT2D eigenvalue weighted by Crippen LogP contribution is 2.53. The predicted octanol–water partition coefficient (Wildman–Crippen LogP) is 2.66. The molecule has 1 aromatic rings. The van der Waals surface area contributed by atoms with Crippen molar-refractivity contribution in [2.75, 3.05) is 11.9 Å². The van der Waals surface area contributed by atoms with Crippen LogP contribution in [0.3, 0.4) is 0 Å². The Kier molecular flexibility index (Phi) is 4.99. The minimum atomic E-state index is -4.33. The van der Waals surface area contributed by atoms with Crippen molar-refractivity contribution >= 4 is 27.3 Å². The number of rotatable bonds is 4. The number of anilines is 1. The van der Waals surface area contributed by atoms with E-state index in [0.29, 0.717) is 6.54 Å². The molecule has 4 atom stereocenters. The first-order valence-corrected chi connectivity index (χ1v) is 12.9. The van der Waals surface area contributed by atoms with E-state index >= 15 is 0 Å². The highest BCUT2D eigenvalue weighted by Gasteiger charge is 2.55. The monoisotopic (exact) mass is 482 g/mol. The molecule has 34 heavy (non-hydrogen) atoms. The lowest BCUT2D eigenvalue weighted by atomic mass is 9.79. The van der Waals surface area contributed by atoms with Crippen molar-refractivity contribution in [3.8, 4) is 0 Å². The van der Waals surface area contributed by atoms with Gasteiger partial charge in [-0.15, -0.1) is 0 Å². The zero-order chi connectivity index (χ0) is 24.6. The fraction of sp³-hybridized carbons (Fsp3) is 0.440. The number of nitrogens with two attached hydrogens (primary N) is 1. The number of primary amides is 1. The summed E-state index contributed by atoms with van der Waals surface area (Å²) in [4.78, 5) is 27.2. The highest BCUT2D eigenvalue weighted by molar-refractivity contribution is 7.96. The van der Waals surface area contributed by atoms with Crippen LogP contribution in [0.25, 0.3) is 0 Å². The lowest BCUT2D eigenvalue weighted by Gasteiger charge is -2.44. The van der Waals surface area contributed by atoms with Crippen LogP contribution < -0.4 is 11.1 Å². The van der Waals surface area contributed by atoms with E-state index < -0.39 is 26.6 Å². The standard InChI is InChI=1S/C25H28N3O5S/c1-25(2,3)10-11-28-20-14-9-8-13(12-14)17(20)21(29)18(24(28)31)19-22(23(26)30)34(32,33)16-7-5-4-6-15(16)27-19/h4,6-9,13-14,17,20,27,29H,10-12H2,1-3H3,(H2,26,30). The SMILES string of the molecule is CC(C)(C)CCN1C(=O)C(C2=C(C(N)=O)S(=O)(=O)c3c[c]ccc3N2)=C(O)C2C3C=CC(C3)C21. The van der Waals surface area contributed by atoms with E-state index in [2.05, 4.69) is 44.3 Å². The Morgan fingerprint density at radius 1 is 1.29 bits per heavy atom. The van der Waals surface area contributed by atoms with Crippen molar-refractivity contribution in [2.24, 2.45) is 28.9 Å². The fourth-order valence-electron chi connectivity index (χ4n) is 5.69. The van der Waals surface area contributed by atoms with Gasteiger partial charge in [-0.2, -0.15) is 0 Å². The molecule has 9 heteroatoms. The van der Waals surface area contributed by atoms with Gasteiger partial charge >= 0.3 is 0 Å². The quantitative estimate of drug-likeness (QED) is 0.566. The molecule has 2 amide bonds. The lowest BCUT2D eigenvalue weighted by Crippen LogP contribution is -2.53. The number of sulfone groups is 1. The van der Waals surface area contributed by atoms with Crippen molar-refractivity contribution in [1.29, 1.82) is 0 Å². The van der Waals surface area contributed by atoms with E-state index in [4.69, 9.17) is 5.73 Å². The first-order valence-electron chi connectivity index (χ1n) is 11.4. The lowest BCUT2D eigenvalue weighted by molar-refractivity contribution is -0.133. The van der Waals surface area contributed by atoms with Crippen LogP contribution >= 0.6 is 0 Å². The average molecular weight is 483 g/mol. The number of carbonyl (C=O) groups is 2. The van der Waals surface area contributed by atoms with E-state index in [1.807, 2.05) is 0 Å². The molecule has 0 saturated heterocycles. The maximum absolute atomic E-state index is 13.9. The van der Waals surface area contributed by atoms with Crippen LogP contribution in [-0.2, 0) is 19.4 Å². The van der Waals surface area contributed by atoms with Gasteiger partial charge in [0.05, 0.1) is 16.3 Å². The summed E-state index contributed by atoms with van der Waals surface area (Å²) < 4.78 is 26.7. The molecule has 1 aromatic carbocycles. The van der Waals surface area contributed by atoms with E-state index in [-0.39, 0.29) is 56.8 Å². The van der Waals surface area contributed by atoms with Crippen molar-refractivity contribution in [2.45, 2.75) is 44.6 Å². The van der Waals surface area contributed by atoms with Crippen molar-refractivity contribution < 1.29 is 23.1 Å². The summed E-state index contributed by atoms with van der Waals surface area (Å²) in [5.74, 6) is -2.06. The number of nitrogens with one attached hydrogen (secondary N) is 1. The number of benzene rings is 1. The van der Waals surface area contributed by atoms with E-state index in [1.165, 1.54) is 18.2 Å². The van der Waals surface area contributed by atoms with Gasteiger partial charge in [-0.1, -0.05) is 39.0 Å². The van der Waals surface area contributed by atoms with E-state index in [1.54, 1.807) is 4.90 Å². The number of fused-ring (bicyclic) bond motifs is 6. The number of aliphatic hydroxyl groups is 1. The zero-order valence-corrected chi connectivity index (χ0v) is 20.1. The average Bonchev–Trinajstić information content (AvgIpc) is 3.34. The number of carbonyl (C=O) groups excluding carboxylic acids is 2. The predicted molar refractivity (Wildman–Crippen MR) is 126 cm³/mol. The summed E-state index contributed by atoms with van der Waals surface area (Å²) in [7, 11) is -4.33. The Balaban J connectivity index is 1.70. The number of nitrogens with zero attached hydrogens (tertiary/aromatic N) is 1. The third-order valence-corrected chi connectivity index (χ3v) is 9.13. The normalized spacial score (nSPS) is 29.3. The van der Waals surface area contributed by atoms with Gasteiger partial charge < -0.3 is 21.1 Å². The summed E-state index contributed by atoms with van der Waals surface area (Å²) in [6.07, 6.45) is 5.70. The van der Waals surface area contributed by atoms with Crippen molar-refractivity contribution in [3.05, 3.63) is 58.4 Å². The molecule has 4 aliphatic rings. The largest absolute Gasteiger partial charge is 0.511 e. The molecule has 0 spiro atoms. The van der Waals surface area contributed by atoms with Crippen LogP contribution in [0, 0.1) is 29.2 Å². The van der Waals surface area contributed by atoms with Gasteiger partial charge in [0.15, 0.2) is 4.91 Å². The van der Waals surface area contributed by atoms with Gasteiger partial charge in [-0.05, 0) is 48.3 Å². The molecule has 179 valence electrons. The summed E-state index contributed by atoms with van der Waals surface area (Å²) in [6.45, 7) is 6.72. The molecule has 0 aromatic heterocycles. The first kappa shape index (κ1) is 22.7. The van der Waals surface area contributed by atoms with Crippen LogP contribution in [0.1, 0.15) is 33.6 Å². The Morgan fingerprint density at radius 3 is 2.68 bits per heavy atom. The van der Waals surface area contributed by atoms with Gasteiger partial charge in [0.25, 0.3) is 11.8 Å². The number of allylic oxidation sites excluding steroid dienone is 1. The highest BCUT2D eigenvalue weighted by atomic mass is 32.2. The van der Waals surface area contributed by atoms with Gasteiger partial charge in [0, 0.05) is 18.5 Å². The maximum atomic E-state index is 13.9. The van der Waals surface area contributed by atoms with Crippen molar-refractivity contribution in [3.63, 3.8) is 0 Å². The van der Waals surface area contributed by atoms with Crippen LogP contribution in [-0.4, -0.2) is 42.8 Å². The van der Waals surface area contributed by atoms with Gasteiger partial charge in [0.1, 0.15) is 11.3 Å². The molecule has 1 fully saturated rings. The summed E-state index contributed by atoms with van der Waals surface area (Å²) in [5.41, 5.74) is 5.26. The van der Waals surface area contributed by atoms with Crippen LogP contribution in [0.5, 0.6) is 0 Å². The number of aliphatic hydroxyl groups excluding tert-OH is 1. The molecule has 4 unspecified atom stereocenters. The molecular formula is C25H28N3O5S. The third kappa shape index (κ3) is 3.28. The molecule has 1 radical (unpaired) electrons. The third-order valence-electron chi connectivity index (χ3n) is 7.27. The first-order chi connectivity index (χ1) is 15.9. The summed E-state index contributed by atoms with van der Waals surface area (Å²) >= 11 is 0. The molecular weight excluding hydrogens is 454 g/mol. The Hall–Kier alpha value is -3.07.